The fraction of sp³-hybridized carbons (Fsp3) is 0.542. The lowest BCUT2D eigenvalue weighted by atomic mass is 9.97. The number of nitrogens with one attached hydrogen (secondary N) is 2. The second-order valence-electron chi connectivity index (χ2n) is 8.04. The molecule has 1 aromatic carbocycles. The molecule has 0 saturated heterocycles. The third-order valence-corrected chi connectivity index (χ3v) is 5.25. The largest absolute Gasteiger partial charge is 0.455 e. The van der Waals surface area contributed by atoms with E-state index in [-0.39, 0.29) is 49.9 Å². The van der Waals surface area contributed by atoms with Crippen LogP contribution in [0.5, 0.6) is 0 Å². The van der Waals surface area contributed by atoms with Gasteiger partial charge in [-0.2, -0.15) is 0 Å². The number of benzene rings is 1. The van der Waals surface area contributed by atoms with Gasteiger partial charge in [0.25, 0.3) is 0 Å². The number of cyclic esters (lactones) is 1. The van der Waals surface area contributed by atoms with Gasteiger partial charge in [0.15, 0.2) is 0 Å². The van der Waals surface area contributed by atoms with Gasteiger partial charge in [-0.05, 0) is 31.7 Å². The highest BCUT2D eigenvalue weighted by Crippen LogP contribution is 2.24. The molecule has 176 valence electrons. The third kappa shape index (κ3) is 8.43. The van der Waals surface area contributed by atoms with Crippen molar-refractivity contribution in [2.45, 2.75) is 57.2 Å². The number of hydrogen-bond acceptors (Lipinski definition) is 6. The molecule has 0 fully saturated rings. The Morgan fingerprint density at radius 2 is 2.03 bits per heavy atom. The van der Waals surface area contributed by atoms with E-state index in [0.717, 1.165) is 5.56 Å². The Bertz CT molecular complexity index is 767. The predicted molar refractivity (Wildman–Crippen MR) is 119 cm³/mol. The Morgan fingerprint density at radius 1 is 1.28 bits per heavy atom. The number of esters is 1. The van der Waals surface area contributed by atoms with Crippen molar-refractivity contribution in [2.24, 2.45) is 5.92 Å². The average molecular weight is 447 g/mol. The molecule has 0 radical (unpaired) electrons. The van der Waals surface area contributed by atoms with E-state index in [1.165, 1.54) is 7.11 Å². The molecular formula is C24H34N2O6. The number of aliphatic hydroxyl groups excluding tert-OH is 1. The van der Waals surface area contributed by atoms with Crippen LogP contribution >= 0.6 is 0 Å². The summed E-state index contributed by atoms with van der Waals surface area (Å²) in [6.45, 7) is 1.65. The van der Waals surface area contributed by atoms with Crippen LogP contribution in [0.25, 0.3) is 0 Å². The van der Waals surface area contributed by atoms with Crippen molar-refractivity contribution in [1.29, 1.82) is 0 Å². The van der Waals surface area contributed by atoms with E-state index in [1.807, 2.05) is 42.5 Å². The minimum atomic E-state index is -0.717. The van der Waals surface area contributed by atoms with Crippen molar-refractivity contribution in [3.05, 3.63) is 48.0 Å². The van der Waals surface area contributed by atoms with Gasteiger partial charge < -0.3 is 25.2 Å². The number of ether oxygens (including phenoxy) is 2. The fourth-order valence-corrected chi connectivity index (χ4v) is 3.54. The molecule has 1 aliphatic rings. The third-order valence-electron chi connectivity index (χ3n) is 5.25. The number of aliphatic hydroxyl groups is 1. The predicted octanol–water partition coefficient (Wildman–Crippen LogP) is 2.04. The lowest BCUT2D eigenvalue weighted by Crippen LogP contribution is -2.47. The van der Waals surface area contributed by atoms with Gasteiger partial charge in [0, 0.05) is 26.0 Å². The maximum Gasteiger partial charge on any atom is 0.306 e. The Hall–Kier alpha value is -2.71. The van der Waals surface area contributed by atoms with E-state index in [1.54, 1.807) is 6.92 Å². The van der Waals surface area contributed by atoms with Crippen molar-refractivity contribution in [3.8, 4) is 0 Å². The summed E-state index contributed by atoms with van der Waals surface area (Å²) in [6.07, 6.45) is 5.02. The Labute approximate surface area is 189 Å². The van der Waals surface area contributed by atoms with Gasteiger partial charge in [0.2, 0.25) is 11.8 Å². The summed E-state index contributed by atoms with van der Waals surface area (Å²) < 4.78 is 11.1. The molecule has 2 rings (SSSR count). The summed E-state index contributed by atoms with van der Waals surface area (Å²) in [5.74, 6) is -1.57. The minimum Gasteiger partial charge on any atom is -0.455 e. The van der Waals surface area contributed by atoms with E-state index in [9.17, 15) is 14.4 Å². The molecule has 2 amide bonds. The SMILES string of the molecule is COC[C@@H]1NC(=O)[C@@H](CC(=O)N[C@H](C)CO)CC=CCCCC(=O)O[C@H]1c1ccccc1. The van der Waals surface area contributed by atoms with Crippen LogP contribution in [0, 0.1) is 5.92 Å². The molecule has 8 heteroatoms. The molecule has 1 aliphatic heterocycles. The van der Waals surface area contributed by atoms with Crippen LogP contribution in [0.15, 0.2) is 42.5 Å². The lowest BCUT2D eigenvalue weighted by Gasteiger charge is -2.29. The van der Waals surface area contributed by atoms with Gasteiger partial charge in [-0.25, -0.2) is 0 Å². The molecule has 3 N–H and O–H groups in total. The van der Waals surface area contributed by atoms with Crippen LogP contribution in [-0.4, -0.2) is 55.3 Å². The summed E-state index contributed by atoms with van der Waals surface area (Å²) in [6, 6.07) is 8.22. The monoisotopic (exact) mass is 446 g/mol. The Morgan fingerprint density at radius 3 is 2.72 bits per heavy atom. The first-order valence-corrected chi connectivity index (χ1v) is 11.0. The maximum absolute atomic E-state index is 13.2. The second kappa shape index (κ2) is 13.6. The van der Waals surface area contributed by atoms with Crippen LogP contribution in [-0.2, 0) is 23.9 Å². The molecule has 0 saturated carbocycles. The first kappa shape index (κ1) is 25.5. The van der Waals surface area contributed by atoms with Crippen molar-refractivity contribution in [2.75, 3.05) is 20.3 Å². The summed E-state index contributed by atoms with van der Waals surface area (Å²) >= 11 is 0. The molecule has 4 atom stereocenters. The van der Waals surface area contributed by atoms with Gasteiger partial charge in [0.05, 0.1) is 25.2 Å². The van der Waals surface area contributed by atoms with Crippen LogP contribution in [0.4, 0.5) is 0 Å². The zero-order valence-electron chi connectivity index (χ0n) is 18.8. The highest BCUT2D eigenvalue weighted by atomic mass is 16.5. The molecule has 1 aromatic rings. The van der Waals surface area contributed by atoms with E-state index < -0.39 is 18.1 Å². The molecule has 1 heterocycles. The zero-order chi connectivity index (χ0) is 23.3. The number of carbonyl (C=O) groups excluding carboxylic acids is 3. The van der Waals surface area contributed by atoms with Crippen LogP contribution < -0.4 is 10.6 Å². The fourth-order valence-electron chi connectivity index (χ4n) is 3.54. The number of hydrogen-bond donors (Lipinski definition) is 3. The van der Waals surface area contributed by atoms with Crippen LogP contribution in [0.2, 0.25) is 0 Å². The van der Waals surface area contributed by atoms with Gasteiger partial charge in [-0.1, -0.05) is 42.5 Å². The van der Waals surface area contributed by atoms with Crippen molar-refractivity contribution in [1.82, 2.24) is 10.6 Å². The molecular weight excluding hydrogens is 412 g/mol. The maximum atomic E-state index is 13.2. The van der Waals surface area contributed by atoms with E-state index in [2.05, 4.69) is 10.6 Å². The second-order valence-corrected chi connectivity index (χ2v) is 8.04. The van der Waals surface area contributed by atoms with Crippen molar-refractivity contribution < 1.29 is 29.0 Å². The molecule has 0 aliphatic carbocycles. The normalized spacial score (nSPS) is 23.7. The topological polar surface area (TPSA) is 114 Å². The van der Waals surface area contributed by atoms with Gasteiger partial charge in [-0.3, -0.25) is 14.4 Å². The van der Waals surface area contributed by atoms with Gasteiger partial charge in [-0.15, -0.1) is 0 Å². The van der Waals surface area contributed by atoms with Crippen molar-refractivity contribution in [3.63, 3.8) is 0 Å². The summed E-state index contributed by atoms with van der Waals surface area (Å²) in [5, 5.41) is 14.8. The van der Waals surface area contributed by atoms with Crippen molar-refractivity contribution >= 4 is 17.8 Å². The molecule has 0 spiro atoms. The summed E-state index contributed by atoms with van der Waals surface area (Å²) in [4.78, 5) is 38.0. The molecule has 0 bridgehead atoms. The smallest absolute Gasteiger partial charge is 0.306 e. The van der Waals surface area contributed by atoms with Gasteiger partial charge in [0.1, 0.15) is 6.10 Å². The number of carbonyl (C=O) groups is 3. The first-order valence-electron chi connectivity index (χ1n) is 11.0. The highest BCUT2D eigenvalue weighted by Gasteiger charge is 2.31. The minimum absolute atomic E-state index is 0.0179. The highest BCUT2D eigenvalue weighted by molar-refractivity contribution is 5.86. The van der Waals surface area contributed by atoms with Crippen LogP contribution in [0.1, 0.15) is 50.7 Å². The van der Waals surface area contributed by atoms with E-state index in [0.29, 0.717) is 19.3 Å². The van der Waals surface area contributed by atoms with Gasteiger partial charge >= 0.3 is 5.97 Å². The molecule has 0 aromatic heterocycles. The molecule has 32 heavy (non-hydrogen) atoms. The summed E-state index contributed by atoms with van der Waals surface area (Å²) in [5.41, 5.74) is 0.752. The van der Waals surface area contributed by atoms with E-state index in [4.69, 9.17) is 14.6 Å². The van der Waals surface area contributed by atoms with E-state index >= 15 is 0 Å². The summed E-state index contributed by atoms with van der Waals surface area (Å²) in [7, 11) is 1.52. The lowest BCUT2D eigenvalue weighted by molar-refractivity contribution is -0.153. The quantitative estimate of drug-likeness (QED) is 0.436. The Kier molecular flexibility index (Phi) is 10.9. The standard InChI is InChI=1S/C24H34N2O6/c1-17(15-27)25-21(28)14-19-12-6-3-4-9-13-22(29)32-23(18-10-7-5-8-11-18)20(16-31-2)26-24(19)30/h3,5-8,10-11,17,19-20,23,27H,4,9,12-16H2,1-2H3,(H,25,28)(H,26,30)/t17-,19-,20+,23+/m1/s1. The zero-order valence-corrected chi connectivity index (χ0v) is 18.8. The Balaban J connectivity index is 2.28. The number of methoxy groups -OCH3 is 1. The number of amides is 2. The van der Waals surface area contributed by atoms with Crippen LogP contribution in [0.3, 0.4) is 0 Å². The number of allylic oxidation sites excluding steroid dienone is 2. The average Bonchev–Trinajstić information content (AvgIpc) is 2.79. The number of rotatable bonds is 7. The first-order chi connectivity index (χ1) is 15.4. The molecule has 8 nitrogen and oxygen atoms in total. The molecule has 0 unspecified atom stereocenters.